The molecule has 0 spiro atoms. The summed E-state index contributed by atoms with van der Waals surface area (Å²) in [4.78, 5) is 11.0. The van der Waals surface area contributed by atoms with Crippen LogP contribution in [0.5, 0.6) is 0 Å². The first-order chi connectivity index (χ1) is 6.51. The lowest BCUT2D eigenvalue weighted by Gasteiger charge is -2.16. The van der Waals surface area contributed by atoms with Crippen molar-refractivity contribution in [2.75, 3.05) is 14.2 Å². The van der Waals surface area contributed by atoms with Gasteiger partial charge in [-0.1, -0.05) is 20.8 Å². The molecule has 0 saturated carbocycles. The third kappa shape index (κ3) is 4.90. The van der Waals surface area contributed by atoms with Crippen molar-refractivity contribution < 1.29 is 14.3 Å². The minimum atomic E-state index is -0.363. The van der Waals surface area contributed by atoms with Gasteiger partial charge < -0.3 is 9.47 Å². The Hall–Kier alpha value is -0.990. The molecule has 82 valence electrons. The number of methoxy groups -OCH3 is 2. The van der Waals surface area contributed by atoms with Gasteiger partial charge in [0.1, 0.15) is 5.76 Å². The third-order valence-electron chi connectivity index (χ3n) is 2.01. The van der Waals surface area contributed by atoms with Crippen molar-refractivity contribution in [3.8, 4) is 0 Å². The van der Waals surface area contributed by atoms with Gasteiger partial charge in [0.2, 0.25) is 0 Å². The Morgan fingerprint density at radius 1 is 1.21 bits per heavy atom. The summed E-state index contributed by atoms with van der Waals surface area (Å²) in [5, 5.41) is 0. The molecule has 3 nitrogen and oxygen atoms in total. The van der Waals surface area contributed by atoms with E-state index in [1.54, 1.807) is 7.11 Å². The van der Waals surface area contributed by atoms with Crippen LogP contribution in [0.1, 0.15) is 27.2 Å². The van der Waals surface area contributed by atoms with Gasteiger partial charge >= 0.3 is 5.97 Å². The highest BCUT2D eigenvalue weighted by Crippen LogP contribution is 2.19. The maximum atomic E-state index is 11.0. The van der Waals surface area contributed by atoms with Crippen molar-refractivity contribution in [2.24, 2.45) is 11.8 Å². The summed E-state index contributed by atoms with van der Waals surface area (Å²) in [5.41, 5.74) is 0. The summed E-state index contributed by atoms with van der Waals surface area (Å²) in [6, 6.07) is 0. The van der Waals surface area contributed by atoms with Crippen LogP contribution < -0.4 is 0 Å². The van der Waals surface area contributed by atoms with E-state index in [4.69, 9.17) is 4.74 Å². The first-order valence-corrected chi connectivity index (χ1v) is 4.84. The lowest BCUT2D eigenvalue weighted by Crippen LogP contribution is -2.08. The molecule has 0 radical (unpaired) electrons. The number of esters is 1. The zero-order valence-electron chi connectivity index (χ0n) is 9.66. The molecule has 0 aliphatic carbocycles. The van der Waals surface area contributed by atoms with E-state index in [0.29, 0.717) is 11.7 Å². The Morgan fingerprint density at radius 3 is 2.14 bits per heavy atom. The molecule has 0 aromatic carbocycles. The van der Waals surface area contributed by atoms with Crippen LogP contribution >= 0.6 is 0 Å². The zero-order valence-corrected chi connectivity index (χ0v) is 9.66. The normalized spacial score (nSPS) is 14.0. The van der Waals surface area contributed by atoms with Gasteiger partial charge in [0.05, 0.1) is 20.3 Å². The van der Waals surface area contributed by atoms with Crippen molar-refractivity contribution in [1.82, 2.24) is 0 Å². The Bertz CT molecular complexity index is 207. The molecule has 1 unspecified atom stereocenters. The predicted octanol–water partition coefficient (Wildman–Crippen LogP) is 2.37. The van der Waals surface area contributed by atoms with E-state index in [0.717, 1.165) is 6.42 Å². The smallest absolute Gasteiger partial charge is 0.333 e. The zero-order chi connectivity index (χ0) is 11.1. The number of hydrogen-bond donors (Lipinski definition) is 0. The second kappa shape index (κ2) is 6.46. The molecule has 0 heterocycles. The van der Waals surface area contributed by atoms with Crippen LogP contribution in [0, 0.1) is 11.8 Å². The van der Waals surface area contributed by atoms with E-state index < -0.39 is 0 Å². The van der Waals surface area contributed by atoms with Crippen LogP contribution in [0.2, 0.25) is 0 Å². The highest BCUT2D eigenvalue weighted by atomic mass is 16.5. The fraction of sp³-hybridized carbons (Fsp3) is 0.727. The maximum absolute atomic E-state index is 11.0. The monoisotopic (exact) mass is 200 g/mol. The van der Waals surface area contributed by atoms with Gasteiger partial charge in [-0.3, -0.25) is 0 Å². The second-order valence-electron chi connectivity index (χ2n) is 3.80. The lowest BCUT2D eigenvalue weighted by molar-refractivity contribution is -0.135. The maximum Gasteiger partial charge on any atom is 0.333 e. The topological polar surface area (TPSA) is 35.5 Å². The molecule has 0 aromatic rings. The van der Waals surface area contributed by atoms with Gasteiger partial charge in [0.15, 0.2) is 0 Å². The van der Waals surface area contributed by atoms with E-state index in [1.807, 2.05) is 6.92 Å². The Kier molecular flexibility index (Phi) is 6.00. The molecule has 0 N–H and O–H groups in total. The molecule has 1 atom stereocenters. The van der Waals surface area contributed by atoms with Gasteiger partial charge in [0.25, 0.3) is 0 Å². The lowest BCUT2D eigenvalue weighted by atomic mass is 9.97. The Labute approximate surface area is 86.1 Å². The molecule has 0 aliphatic rings. The number of ether oxygens (including phenoxy) is 2. The number of carbonyl (C=O) groups excluding carboxylic acids is 1. The van der Waals surface area contributed by atoms with Crippen molar-refractivity contribution in [1.29, 1.82) is 0 Å². The van der Waals surface area contributed by atoms with E-state index in [2.05, 4.69) is 18.6 Å². The highest BCUT2D eigenvalue weighted by Gasteiger charge is 2.12. The van der Waals surface area contributed by atoms with Crippen LogP contribution in [-0.2, 0) is 14.3 Å². The minimum absolute atomic E-state index is 0.249. The van der Waals surface area contributed by atoms with Gasteiger partial charge in [-0.25, -0.2) is 4.79 Å². The molecular formula is C11H20O3. The van der Waals surface area contributed by atoms with Crippen molar-refractivity contribution >= 4 is 5.97 Å². The van der Waals surface area contributed by atoms with Gasteiger partial charge in [-0.15, -0.1) is 0 Å². The molecule has 0 amide bonds. The van der Waals surface area contributed by atoms with Crippen LogP contribution in [0.4, 0.5) is 0 Å². The standard InChI is InChI=1S/C11H20O3/c1-8(2)6-9(3)10(13-4)7-11(12)14-5/h7-9H,6H2,1-5H3. The predicted molar refractivity (Wildman–Crippen MR) is 55.7 cm³/mol. The van der Waals surface area contributed by atoms with Gasteiger partial charge in [-0.2, -0.15) is 0 Å². The summed E-state index contributed by atoms with van der Waals surface area (Å²) in [6.45, 7) is 6.32. The first kappa shape index (κ1) is 13.0. The first-order valence-electron chi connectivity index (χ1n) is 4.84. The van der Waals surface area contributed by atoms with E-state index in [-0.39, 0.29) is 11.9 Å². The van der Waals surface area contributed by atoms with Crippen LogP contribution in [0.15, 0.2) is 11.8 Å². The molecule has 0 fully saturated rings. The number of carbonyl (C=O) groups is 1. The number of allylic oxidation sites excluding steroid dienone is 1. The van der Waals surface area contributed by atoms with Crippen LogP contribution in [0.3, 0.4) is 0 Å². The summed E-state index contributed by atoms with van der Waals surface area (Å²) in [6.07, 6.45) is 2.41. The molecular weight excluding hydrogens is 180 g/mol. The summed E-state index contributed by atoms with van der Waals surface area (Å²) in [7, 11) is 2.94. The fourth-order valence-electron chi connectivity index (χ4n) is 1.40. The van der Waals surface area contributed by atoms with Crippen molar-refractivity contribution in [2.45, 2.75) is 27.2 Å². The molecule has 0 aliphatic heterocycles. The van der Waals surface area contributed by atoms with Crippen LogP contribution in [0.25, 0.3) is 0 Å². The Balaban J connectivity index is 4.39. The van der Waals surface area contributed by atoms with E-state index >= 15 is 0 Å². The SMILES string of the molecule is COC(=O)C=C(OC)C(C)CC(C)C. The number of rotatable bonds is 5. The molecule has 0 aromatic heterocycles. The minimum Gasteiger partial charge on any atom is -0.501 e. The Morgan fingerprint density at radius 2 is 1.79 bits per heavy atom. The highest BCUT2D eigenvalue weighted by molar-refractivity contribution is 5.82. The van der Waals surface area contributed by atoms with E-state index in [1.165, 1.54) is 13.2 Å². The molecule has 3 heteroatoms. The summed E-state index contributed by atoms with van der Waals surface area (Å²) >= 11 is 0. The molecule has 0 saturated heterocycles. The van der Waals surface area contributed by atoms with Crippen molar-refractivity contribution in [3.05, 3.63) is 11.8 Å². The second-order valence-corrected chi connectivity index (χ2v) is 3.80. The third-order valence-corrected chi connectivity index (χ3v) is 2.01. The average Bonchev–Trinajstić information content (AvgIpc) is 2.12. The molecule has 0 rings (SSSR count). The van der Waals surface area contributed by atoms with Crippen LogP contribution in [-0.4, -0.2) is 20.2 Å². The molecule has 14 heavy (non-hydrogen) atoms. The average molecular weight is 200 g/mol. The summed E-state index contributed by atoms with van der Waals surface area (Å²) < 4.78 is 9.69. The number of hydrogen-bond acceptors (Lipinski definition) is 3. The van der Waals surface area contributed by atoms with E-state index in [9.17, 15) is 4.79 Å². The fourth-order valence-corrected chi connectivity index (χ4v) is 1.40. The quantitative estimate of drug-likeness (QED) is 0.388. The molecule has 0 bridgehead atoms. The summed E-state index contributed by atoms with van der Waals surface area (Å²) in [5.74, 6) is 1.16. The largest absolute Gasteiger partial charge is 0.501 e. The van der Waals surface area contributed by atoms with Gasteiger partial charge in [0, 0.05) is 5.92 Å². The van der Waals surface area contributed by atoms with Gasteiger partial charge in [-0.05, 0) is 12.3 Å². The van der Waals surface area contributed by atoms with Crippen molar-refractivity contribution in [3.63, 3.8) is 0 Å².